The molecule has 1 rings (SSSR count). The highest BCUT2D eigenvalue weighted by Gasteiger charge is 1.99. The maximum atomic E-state index is 5.09. The highest BCUT2D eigenvalue weighted by molar-refractivity contribution is 9.11. The van der Waals surface area contributed by atoms with Crippen molar-refractivity contribution >= 4 is 37.7 Å². The Bertz CT molecular complexity index is 317. The summed E-state index contributed by atoms with van der Waals surface area (Å²) in [7, 11) is 0. The van der Waals surface area contributed by atoms with E-state index in [0.29, 0.717) is 6.54 Å². The van der Waals surface area contributed by atoms with Crippen LogP contribution in [-0.2, 0) is 0 Å². The van der Waals surface area contributed by atoms with Gasteiger partial charge in [0, 0.05) is 10.7 Å². The number of hydrogen-bond donors (Lipinski definition) is 1. The molecule has 0 aliphatic rings. The molecule has 0 aromatic carbocycles. The lowest BCUT2D eigenvalue weighted by Gasteiger charge is -2.03. The lowest BCUT2D eigenvalue weighted by molar-refractivity contribution is 1.22. The summed E-state index contributed by atoms with van der Waals surface area (Å²) in [6.45, 7) is 0.479. The Morgan fingerprint density at radius 1 is 1.58 bits per heavy atom. The standard InChI is InChI=1S/C8H6Br2N2/c1-2-3-11-8-7(10)4-6(9)5-12-8/h1,4-5H,3H2,(H,11,12). The van der Waals surface area contributed by atoms with Crippen molar-refractivity contribution in [2.24, 2.45) is 0 Å². The second-order valence-corrected chi connectivity index (χ2v) is 3.81. The van der Waals surface area contributed by atoms with Gasteiger partial charge in [0.15, 0.2) is 0 Å². The number of halogens is 2. The fourth-order valence-corrected chi connectivity index (χ4v) is 1.81. The topological polar surface area (TPSA) is 24.9 Å². The second kappa shape index (κ2) is 4.48. The smallest absolute Gasteiger partial charge is 0.141 e. The van der Waals surface area contributed by atoms with Crippen LogP contribution in [0.25, 0.3) is 0 Å². The van der Waals surface area contributed by atoms with E-state index in [2.05, 4.69) is 48.1 Å². The number of hydrogen-bond acceptors (Lipinski definition) is 2. The first-order valence-electron chi connectivity index (χ1n) is 3.22. The quantitative estimate of drug-likeness (QED) is 0.847. The van der Waals surface area contributed by atoms with Crippen LogP contribution in [0.3, 0.4) is 0 Å². The van der Waals surface area contributed by atoms with Gasteiger partial charge in [0.25, 0.3) is 0 Å². The van der Waals surface area contributed by atoms with Crippen LogP contribution in [0.2, 0.25) is 0 Å². The molecule has 12 heavy (non-hydrogen) atoms. The van der Waals surface area contributed by atoms with Gasteiger partial charge in [-0.2, -0.15) is 0 Å². The van der Waals surface area contributed by atoms with Crippen molar-refractivity contribution in [2.75, 3.05) is 11.9 Å². The van der Waals surface area contributed by atoms with E-state index in [-0.39, 0.29) is 0 Å². The molecule has 1 heterocycles. The van der Waals surface area contributed by atoms with Crippen molar-refractivity contribution in [2.45, 2.75) is 0 Å². The summed E-state index contributed by atoms with van der Waals surface area (Å²) < 4.78 is 1.83. The first kappa shape index (κ1) is 9.56. The molecule has 1 aromatic heterocycles. The normalized spacial score (nSPS) is 9.08. The minimum Gasteiger partial charge on any atom is -0.358 e. The van der Waals surface area contributed by atoms with Gasteiger partial charge in [-0.3, -0.25) is 0 Å². The molecule has 0 saturated heterocycles. The molecule has 0 aliphatic carbocycles. The predicted octanol–water partition coefficient (Wildman–Crippen LogP) is 2.65. The van der Waals surface area contributed by atoms with Crippen LogP contribution >= 0.6 is 31.9 Å². The molecule has 0 bridgehead atoms. The molecule has 1 N–H and O–H groups in total. The largest absolute Gasteiger partial charge is 0.358 e. The van der Waals surface area contributed by atoms with Gasteiger partial charge >= 0.3 is 0 Å². The average Bonchev–Trinajstić information content (AvgIpc) is 2.03. The van der Waals surface area contributed by atoms with Crippen molar-refractivity contribution in [3.63, 3.8) is 0 Å². The van der Waals surface area contributed by atoms with Crippen LogP contribution in [0.5, 0.6) is 0 Å². The SMILES string of the molecule is C#CCNc1ncc(Br)cc1Br. The van der Waals surface area contributed by atoms with E-state index in [9.17, 15) is 0 Å². The fraction of sp³-hybridized carbons (Fsp3) is 0.125. The van der Waals surface area contributed by atoms with E-state index >= 15 is 0 Å². The molecule has 2 nitrogen and oxygen atoms in total. The molecule has 0 radical (unpaired) electrons. The Morgan fingerprint density at radius 2 is 2.33 bits per heavy atom. The molecular formula is C8H6Br2N2. The lowest BCUT2D eigenvalue weighted by atomic mass is 10.4. The summed E-state index contributed by atoms with van der Waals surface area (Å²) >= 11 is 6.66. The summed E-state index contributed by atoms with van der Waals surface area (Å²) in [4.78, 5) is 4.11. The molecule has 1 aromatic rings. The third-order valence-corrected chi connectivity index (χ3v) is 2.20. The van der Waals surface area contributed by atoms with Gasteiger partial charge in [-0.15, -0.1) is 6.42 Å². The summed E-state index contributed by atoms with van der Waals surface area (Å²) in [6, 6.07) is 1.91. The third-order valence-electron chi connectivity index (χ3n) is 1.17. The number of aromatic nitrogens is 1. The minimum absolute atomic E-state index is 0.479. The molecule has 4 heteroatoms. The first-order valence-corrected chi connectivity index (χ1v) is 4.81. The molecule has 0 unspecified atom stereocenters. The van der Waals surface area contributed by atoms with Gasteiger partial charge in [0.05, 0.1) is 11.0 Å². The molecule has 0 atom stereocenters. The van der Waals surface area contributed by atoms with Crippen LogP contribution in [0.4, 0.5) is 5.82 Å². The number of nitrogens with one attached hydrogen (secondary N) is 1. The lowest BCUT2D eigenvalue weighted by Crippen LogP contribution is -2.00. The number of anilines is 1. The Kier molecular flexibility index (Phi) is 3.57. The number of pyridine rings is 1. The van der Waals surface area contributed by atoms with Crippen molar-refractivity contribution in [3.05, 3.63) is 21.2 Å². The van der Waals surface area contributed by atoms with Crippen molar-refractivity contribution in [1.82, 2.24) is 4.98 Å². The maximum absolute atomic E-state index is 5.09. The van der Waals surface area contributed by atoms with Crippen LogP contribution in [0, 0.1) is 12.3 Å². The zero-order valence-electron chi connectivity index (χ0n) is 6.14. The van der Waals surface area contributed by atoms with Crippen molar-refractivity contribution < 1.29 is 0 Å². The third kappa shape index (κ3) is 2.50. The number of nitrogens with zero attached hydrogens (tertiary/aromatic N) is 1. The van der Waals surface area contributed by atoms with E-state index < -0.39 is 0 Å². The summed E-state index contributed by atoms with van der Waals surface area (Å²) in [5.41, 5.74) is 0. The summed E-state index contributed by atoms with van der Waals surface area (Å²) in [5.74, 6) is 3.23. The van der Waals surface area contributed by atoms with Gasteiger partial charge in [-0.1, -0.05) is 5.92 Å². The van der Waals surface area contributed by atoms with E-state index in [0.717, 1.165) is 14.8 Å². The van der Waals surface area contributed by atoms with E-state index in [1.54, 1.807) is 6.20 Å². The Labute approximate surface area is 88.0 Å². The van der Waals surface area contributed by atoms with Gasteiger partial charge in [-0.05, 0) is 37.9 Å². The zero-order chi connectivity index (χ0) is 8.97. The molecule has 0 fully saturated rings. The van der Waals surface area contributed by atoms with Crippen molar-refractivity contribution in [1.29, 1.82) is 0 Å². The molecule has 0 aliphatic heterocycles. The van der Waals surface area contributed by atoms with Gasteiger partial charge in [0.2, 0.25) is 0 Å². The van der Waals surface area contributed by atoms with Crippen LogP contribution in [0.15, 0.2) is 21.2 Å². The van der Waals surface area contributed by atoms with Gasteiger partial charge in [0.1, 0.15) is 5.82 Å². The monoisotopic (exact) mass is 288 g/mol. The van der Waals surface area contributed by atoms with E-state index in [1.807, 2.05) is 6.07 Å². The molecule has 0 saturated carbocycles. The highest BCUT2D eigenvalue weighted by atomic mass is 79.9. The first-order chi connectivity index (χ1) is 5.74. The van der Waals surface area contributed by atoms with Crippen LogP contribution in [0.1, 0.15) is 0 Å². The summed E-state index contributed by atoms with van der Waals surface area (Å²) in [5, 5.41) is 2.97. The van der Waals surface area contributed by atoms with Gasteiger partial charge < -0.3 is 5.32 Å². The average molecular weight is 290 g/mol. The minimum atomic E-state index is 0.479. The molecule has 62 valence electrons. The fourth-order valence-electron chi connectivity index (χ4n) is 0.679. The zero-order valence-corrected chi connectivity index (χ0v) is 9.31. The molecule has 0 amide bonds. The summed E-state index contributed by atoms with van der Waals surface area (Å²) in [6.07, 6.45) is 6.80. The Hall–Kier alpha value is -0.530. The number of terminal acetylenes is 1. The van der Waals surface area contributed by atoms with E-state index in [1.165, 1.54) is 0 Å². The van der Waals surface area contributed by atoms with Gasteiger partial charge in [-0.25, -0.2) is 4.98 Å². The Morgan fingerprint density at radius 3 is 2.92 bits per heavy atom. The Balaban J connectivity index is 2.81. The maximum Gasteiger partial charge on any atom is 0.141 e. The predicted molar refractivity (Wildman–Crippen MR) is 57.0 cm³/mol. The van der Waals surface area contributed by atoms with E-state index in [4.69, 9.17) is 6.42 Å². The van der Waals surface area contributed by atoms with Crippen molar-refractivity contribution in [3.8, 4) is 12.3 Å². The molecular weight excluding hydrogens is 284 g/mol. The molecule has 0 spiro atoms. The second-order valence-electron chi connectivity index (χ2n) is 2.04. The highest BCUT2D eigenvalue weighted by Crippen LogP contribution is 2.22. The number of rotatable bonds is 2. The van der Waals surface area contributed by atoms with Crippen LogP contribution in [-0.4, -0.2) is 11.5 Å². The van der Waals surface area contributed by atoms with Crippen LogP contribution < -0.4 is 5.32 Å².